The molecule has 2 aromatic heterocycles. The maximum atomic E-state index is 12.3. The molecule has 2 heterocycles. The van der Waals surface area contributed by atoms with E-state index in [1.165, 1.54) is 50.6 Å². The van der Waals surface area contributed by atoms with E-state index < -0.39 is 11.9 Å². The summed E-state index contributed by atoms with van der Waals surface area (Å²) >= 11 is 0. The van der Waals surface area contributed by atoms with Gasteiger partial charge in [0, 0.05) is 23.3 Å². The van der Waals surface area contributed by atoms with Crippen LogP contribution in [0.25, 0.3) is 44.6 Å². The Balaban J connectivity index is 0.000000175. The molecule has 0 saturated carbocycles. The molecule has 4 aromatic carbocycles. The van der Waals surface area contributed by atoms with Crippen molar-refractivity contribution in [2.45, 2.75) is 0 Å². The average molecular weight is 593 g/mol. The molecule has 6 rings (SSSR count). The molecule has 0 aliphatic heterocycles. The topological polar surface area (TPSA) is 153 Å². The highest BCUT2D eigenvalue weighted by molar-refractivity contribution is 5.89. The van der Waals surface area contributed by atoms with Crippen LogP contribution in [0.3, 0.4) is 0 Å². The largest absolute Gasteiger partial charge is 0.497 e. The predicted octanol–water partition coefficient (Wildman–Crippen LogP) is 6.33. The first kappa shape index (κ1) is 29.3. The number of ether oxygens (including phenoxy) is 2. The zero-order valence-corrected chi connectivity index (χ0v) is 23.4. The number of hydrogen-bond acceptors (Lipinski definition) is 8. The van der Waals surface area contributed by atoms with Gasteiger partial charge in [0.25, 0.3) is 0 Å². The second kappa shape index (κ2) is 12.4. The van der Waals surface area contributed by atoms with Crippen LogP contribution >= 0.6 is 0 Å². The van der Waals surface area contributed by atoms with Gasteiger partial charge in [-0.15, -0.1) is 0 Å². The Hall–Kier alpha value is -6.16. The first-order valence-electron chi connectivity index (χ1n) is 13.1. The zero-order valence-electron chi connectivity index (χ0n) is 23.4. The van der Waals surface area contributed by atoms with Crippen LogP contribution in [0.2, 0.25) is 0 Å². The van der Waals surface area contributed by atoms with Gasteiger partial charge in [-0.1, -0.05) is 30.3 Å². The predicted molar refractivity (Wildman–Crippen MR) is 163 cm³/mol. The van der Waals surface area contributed by atoms with Crippen molar-refractivity contribution in [1.82, 2.24) is 0 Å². The van der Waals surface area contributed by atoms with Crippen LogP contribution in [0.4, 0.5) is 0 Å². The number of benzene rings is 4. The number of rotatable bonds is 6. The monoisotopic (exact) mass is 592 g/mol. The number of hydrogen-bond donors (Lipinski definition) is 2. The van der Waals surface area contributed by atoms with Gasteiger partial charge in [0.05, 0.1) is 30.7 Å². The molecule has 10 nitrogen and oxygen atoms in total. The molecule has 0 amide bonds. The Bertz CT molecular complexity index is 2120. The molecule has 0 saturated heterocycles. The third-order valence-corrected chi connectivity index (χ3v) is 6.70. The molecule has 0 bridgehead atoms. The van der Waals surface area contributed by atoms with E-state index in [1.54, 1.807) is 60.7 Å². The van der Waals surface area contributed by atoms with Crippen LogP contribution in [0.15, 0.2) is 115 Å². The molecule has 0 atom stereocenters. The first-order chi connectivity index (χ1) is 21.2. The van der Waals surface area contributed by atoms with Gasteiger partial charge in [-0.2, -0.15) is 0 Å². The number of carbonyl (C=O) groups is 2. The van der Waals surface area contributed by atoms with E-state index in [0.29, 0.717) is 56.1 Å². The van der Waals surface area contributed by atoms with Crippen LogP contribution in [0.5, 0.6) is 11.5 Å². The van der Waals surface area contributed by atoms with Crippen molar-refractivity contribution in [2.75, 3.05) is 14.2 Å². The minimum Gasteiger partial charge on any atom is -0.497 e. The second-order valence-corrected chi connectivity index (χ2v) is 9.41. The van der Waals surface area contributed by atoms with Crippen LogP contribution in [0.1, 0.15) is 20.7 Å². The van der Waals surface area contributed by atoms with E-state index in [2.05, 4.69) is 0 Å². The van der Waals surface area contributed by atoms with Crippen molar-refractivity contribution in [3.05, 3.63) is 129 Å². The maximum absolute atomic E-state index is 12.3. The van der Waals surface area contributed by atoms with Gasteiger partial charge >= 0.3 is 11.9 Å². The minimum absolute atomic E-state index is 0.175. The number of aromatic carboxylic acids is 2. The molecule has 220 valence electrons. The average Bonchev–Trinajstić information content (AvgIpc) is 3.04. The molecular formula is C34H24O10. The zero-order chi connectivity index (χ0) is 31.4. The van der Waals surface area contributed by atoms with Crippen LogP contribution in [0, 0.1) is 0 Å². The van der Waals surface area contributed by atoms with Gasteiger partial charge < -0.3 is 28.5 Å². The Kier molecular flexibility index (Phi) is 8.25. The fourth-order valence-electron chi connectivity index (χ4n) is 4.45. The lowest BCUT2D eigenvalue weighted by atomic mass is 10.1. The summed E-state index contributed by atoms with van der Waals surface area (Å²) in [5.41, 5.74) is 2.10. The van der Waals surface area contributed by atoms with Gasteiger partial charge in [-0.05, 0) is 54.6 Å². The molecule has 0 radical (unpaired) electrons. The van der Waals surface area contributed by atoms with Gasteiger partial charge in [0.2, 0.25) is 0 Å². The fourth-order valence-corrected chi connectivity index (χ4v) is 4.45. The fraction of sp³-hybridized carbons (Fsp3) is 0.0588. The summed E-state index contributed by atoms with van der Waals surface area (Å²) in [4.78, 5) is 46.2. The first-order valence-corrected chi connectivity index (χ1v) is 13.1. The number of fused-ring (bicyclic) bond motifs is 2. The normalized spacial score (nSPS) is 10.6. The lowest BCUT2D eigenvalue weighted by Gasteiger charge is -2.06. The maximum Gasteiger partial charge on any atom is 0.335 e. The van der Waals surface area contributed by atoms with E-state index in [4.69, 9.17) is 28.5 Å². The molecule has 0 unspecified atom stereocenters. The second-order valence-electron chi connectivity index (χ2n) is 9.41. The summed E-state index contributed by atoms with van der Waals surface area (Å²) in [5.74, 6) is -0.199. The molecule has 10 heteroatoms. The van der Waals surface area contributed by atoms with Crippen molar-refractivity contribution < 1.29 is 38.1 Å². The van der Waals surface area contributed by atoms with E-state index in [1.807, 2.05) is 0 Å². The number of carboxylic acids is 2. The van der Waals surface area contributed by atoms with Gasteiger partial charge in [0.1, 0.15) is 39.6 Å². The molecule has 44 heavy (non-hydrogen) atoms. The van der Waals surface area contributed by atoms with Gasteiger partial charge in [-0.25, -0.2) is 9.59 Å². The molecule has 2 N–H and O–H groups in total. The summed E-state index contributed by atoms with van der Waals surface area (Å²) in [7, 11) is 3.02. The molecule has 0 fully saturated rings. The summed E-state index contributed by atoms with van der Waals surface area (Å²) in [6.45, 7) is 0. The van der Waals surface area contributed by atoms with Gasteiger partial charge in [0.15, 0.2) is 10.9 Å². The summed E-state index contributed by atoms with van der Waals surface area (Å²) < 4.78 is 21.7. The SMILES string of the molecule is COc1ccc2oc(-c3ccc(C(=O)O)cc3)cc(=O)c2c1.COc1cccc2oc(-c3ccc(C(=O)O)cc3)cc(=O)c12. The van der Waals surface area contributed by atoms with E-state index in [9.17, 15) is 19.2 Å². The van der Waals surface area contributed by atoms with Crippen LogP contribution in [-0.4, -0.2) is 36.4 Å². The highest BCUT2D eigenvalue weighted by Crippen LogP contribution is 2.28. The quantitative estimate of drug-likeness (QED) is 0.224. The number of methoxy groups -OCH3 is 2. The number of carboxylic acid groups (broad SMARTS) is 2. The van der Waals surface area contributed by atoms with Crippen molar-refractivity contribution in [3.63, 3.8) is 0 Å². The van der Waals surface area contributed by atoms with Crippen molar-refractivity contribution in [3.8, 4) is 34.1 Å². The third kappa shape index (κ3) is 6.04. The van der Waals surface area contributed by atoms with Gasteiger partial charge in [-0.3, -0.25) is 9.59 Å². The molecular weight excluding hydrogens is 568 g/mol. The highest BCUT2D eigenvalue weighted by atomic mass is 16.5. The summed E-state index contributed by atoms with van der Waals surface area (Å²) in [6, 6.07) is 25.2. The lowest BCUT2D eigenvalue weighted by Crippen LogP contribution is -2.02. The van der Waals surface area contributed by atoms with Crippen molar-refractivity contribution >= 4 is 33.9 Å². The Morgan fingerprint density at radius 2 is 1.16 bits per heavy atom. The lowest BCUT2D eigenvalue weighted by molar-refractivity contribution is 0.0686. The third-order valence-electron chi connectivity index (χ3n) is 6.70. The summed E-state index contributed by atoms with van der Waals surface area (Å²) in [6.07, 6.45) is 0. The van der Waals surface area contributed by atoms with Crippen LogP contribution in [-0.2, 0) is 0 Å². The standard InChI is InChI=1S/2C17H12O5/c1-21-12-6-7-15-13(8-12)14(18)9-16(22-15)10-2-4-11(5-3-10)17(19)20;1-21-13-3-2-4-14-16(13)12(18)9-15(22-14)10-5-7-11(8-6-10)17(19)20/h2*2-9H,1H3,(H,19,20). The van der Waals surface area contributed by atoms with Crippen molar-refractivity contribution in [1.29, 1.82) is 0 Å². The Labute approximate surface area is 249 Å². The van der Waals surface area contributed by atoms with Crippen LogP contribution < -0.4 is 20.3 Å². The minimum atomic E-state index is -1.00. The molecule has 0 aliphatic rings. The smallest absolute Gasteiger partial charge is 0.335 e. The Morgan fingerprint density at radius 1 is 0.614 bits per heavy atom. The molecule has 0 aliphatic carbocycles. The molecule has 0 spiro atoms. The van der Waals surface area contributed by atoms with E-state index in [-0.39, 0.29) is 22.0 Å². The Morgan fingerprint density at radius 3 is 1.68 bits per heavy atom. The van der Waals surface area contributed by atoms with E-state index >= 15 is 0 Å². The highest BCUT2D eigenvalue weighted by Gasteiger charge is 2.12. The van der Waals surface area contributed by atoms with Crippen molar-refractivity contribution in [2.24, 2.45) is 0 Å². The van der Waals surface area contributed by atoms with E-state index in [0.717, 1.165) is 0 Å². The molecule has 6 aromatic rings. The summed E-state index contributed by atoms with van der Waals surface area (Å²) in [5, 5.41) is 18.6.